The molecule has 21 heavy (non-hydrogen) atoms. The van der Waals surface area contributed by atoms with Crippen LogP contribution in [0.4, 0.5) is 0 Å². The summed E-state index contributed by atoms with van der Waals surface area (Å²) < 4.78 is 5.31. The number of nitrogens with two attached hydrogens (primary N) is 1. The highest BCUT2D eigenvalue weighted by molar-refractivity contribution is 5.86. The number of pyridine rings is 1. The van der Waals surface area contributed by atoms with Gasteiger partial charge in [-0.3, -0.25) is 4.98 Å². The van der Waals surface area contributed by atoms with Crippen molar-refractivity contribution in [2.45, 2.75) is 12.5 Å². The lowest BCUT2D eigenvalue weighted by Gasteiger charge is -2.27. The summed E-state index contributed by atoms with van der Waals surface area (Å²) in [5, 5.41) is 2.22. The second-order valence-electron chi connectivity index (χ2n) is 5.34. The summed E-state index contributed by atoms with van der Waals surface area (Å²) in [7, 11) is 1.66. The summed E-state index contributed by atoms with van der Waals surface area (Å²) in [5.74, 6) is 0.808. The Morgan fingerprint density at radius 3 is 2.71 bits per heavy atom. The third-order valence-electron chi connectivity index (χ3n) is 3.91. The minimum atomic E-state index is -0.614. The van der Waals surface area contributed by atoms with Crippen molar-refractivity contribution < 1.29 is 4.74 Å². The van der Waals surface area contributed by atoms with Gasteiger partial charge in [0.05, 0.1) is 12.6 Å². The van der Waals surface area contributed by atoms with Crippen LogP contribution < -0.4 is 10.5 Å². The van der Waals surface area contributed by atoms with E-state index in [0.29, 0.717) is 0 Å². The zero-order chi connectivity index (χ0) is 14.9. The van der Waals surface area contributed by atoms with E-state index in [1.807, 2.05) is 49.5 Å². The number of aromatic nitrogens is 1. The van der Waals surface area contributed by atoms with Gasteiger partial charge in [-0.2, -0.15) is 0 Å². The van der Waals surface area contributed by atoms with Gasteiger partial charge in [0, 0.05) is 17.8 Å². The molecular formula is C18H18N2O. The quantitative estimate of drug-likeness (QED) is 0.798. The maximum Gasteiger partial charge on any atom is 0.119 e. The van der Waals surface area contributed by atoms with Gasteiger partial charge in [-0.05, 0) is 41.6 Å². The number of hydrogen-bond donors (Lipinski definition) is 1. The molecule has 3 aromatic rings. The van der Waals surface area contributed by atoms with Gasteiger partial charge >= 0.3 is 0 Å². The Morgan fingerprint density at radius 2 is 1.90 bits per heavy atom. The Morgan fingerprint density at radius 1 is 1.10 bits per heavy atom. The first-order valence-electron chi connectivity index (χ1n) is 6.89. The number of nitrogens with zero attached hydrogens (tertiary/aromatic N) is 1. The first-order chi connectivity index (χ1) is 10.1. The first kappa shape index (κ1) is 13.6. The molecule has 0 amide bonds. The van der Waals surface area contributed by atoms with Gasteiger partial charge in [0.15, 0.2) is 0 Å². The van der Waals surface area contributed by atoms with E-state index in [4.69, 9.17) is 10.5 Å². The third kappa shape index (κ3) is 2.36. The van der Waals surface area contributed by atoms with Crippen molar-refractivity contribution in [2.24, 2.45) is 5.73 Å². The average Bonchev–Trinajstić information content (AvgIpc) is 2.54. The van der Waals surface area contributed by atoms with E-state index in [0.717, 1.165) is 27.6 Å². The van der Waals surface area contributed by atoms with Crippen LogP contribution in [0.3, 0.4) is 0 Å². The summed E-state index contributed by atoms with van der Waals surface area (Å²) >= 11 is 0. The summed E-state index contributed by atoms with van der Waals surface area (Å²) in [5.41, 5.74) is 8.12. The van der Waals surface area contributed by atoms with Crippen molar-refractivity contribution in [3.8, 4) is 5.75 Å². The van der Waals surface area contributed by atoms with Crippen molar-refractivity contribution in [3.63, 3.8) is 0 Å². The molecule has 2 N–H and O–H groups in total. The van der Waals surface area contributed by atoms with Crippen LogP contribution in [-0.4, -0.2) is 12.1 Å². The molecule has 0 aliphatic rings. The zero-order valence-corrected chi connectivity index (χ0v) is 12.2. The highest BCUT2D eigenvalue weighted by Gasteiger charge is 2.26. The molecule has 0 saturated heterocycles. The number of hydrogen-bond acceptors (Lipinski definition) is 3. The minimum absolute atomic E-state index is 0.614. The molecule has 0 spiro atoms. The second-order valence-corrected chi connectivity index (χ2v) is 5.34. The number of fused-ring (bicyclic) bond motifs is 1. The fourth-order valence-corrected chi connectivity index (χ4v) is 2.67. The van der Waals surface area contributed by atoms with Crippen LogP contribution in [0.25, 0.3) is 10.8 Å². The topological polar surface area (TPSA) is 48.1 Å². The van der Waals surface area contributed by atoms with E-state index in [9.17, 15) is 0 Å². The van der Waals surface area contributed by atoms with Crippen LogP contribution in [0.1, 0.15) is 18.1 Å². The van der Waals surface area contributed by atoms with Crippen molar-refractivity contribution in [2.75, 3.05) is 7.11 Å². The van der Waals surface area contributed by atoms with Crippen molar-refractivity contribution >= 4 is 10.8 Å². The molecule has 1 atom stereocenters. The van der Waals surface area contributed by atoms with Crippen LogP contribution in [0.5, 0.6) is 5.75 Å². The predicted octanol–water partition coefficient (Wildman–Crippen LogP) is 3.47. The van der Waals surface area contributed by atoms with E-state index in [2.05, 4.69) is 17.1 Å². The maximum absolute atomic E-state index is 6.67. The van der Waals surface area contributed by atoms with E-state index >= 15 is 0 Å². The lowest BCUT2D eigenvalue weighted by atomic mass is 9.83. The highest BCUT2D eigenvalue weighted by Crippen LogP contribution is 2.33. The second kappa shape index (κ2) is 5.19. The Kier molecular flexibility index (Phi) is 3.35. The van der Waals surface area contributed by atoms with Crippen molar-refractivity contribution in [1.82, 2.24) is 4.98 Å². The van der Waals surface area contributed by atoms with E-state index in [1.54, 1.807) is 13.3 Å². The van der Waals surface area contributed by atoms with Gasteiger partial charge in [0.1, 0.15) is 5.75 Å². The SMILES string of the molecule is COc1cccc(C(C)(N)c2cccc3ccncc23)c1. The molecule has 0 fully saturated rings. The summed E-state index contributed by atoms with van der Waals surface area (Å²) in [6, 6.07) is 16.1. The summed E-state index contributed by atoms with van der Waals surface area (Å²) in [6.07, 6.45) is 3.67. The van der Waals surface area contributed by atoms with Gasteiger partial charge in [0.2, 0.25) is 0 Å². The summed E-state index contributed by atoms with van der Waals surface area (Å²) in [4.78, 5) is 4.23. The fourth-order valence-electron chi connectivity index (χ4n) is 2.67. The average molecular weight is 278 g/mol. The Balaban J connectivity index is 2.19. The minimum Gasteiger partial charge on any atom is -0.497 e. The molecule has 3 nitrogen and oxygen atoms in total. The molecule has 0 radical (unpaired) electrons. The molecule has 3 rings (SSSR count). The lowest BCUT2D eigenvalue weighted by Crippen LogP contribution is -2.34. The monoisotopic (exact) mass is 278 g/mol. The smallest absolute Gasteiger partial charge is 0.119 e. The Labute approximate surface area is 124 Å². The molecule has 0 aliphatic carbocycles. The third-order valence-corrected chi connectivity index (χ3v) is 3.91. The molecule has 3 heteroatoms. The van der Waals surface area contributed by atoms with Gasteiger partial charge in [0.25, 0.3) is 0 Å². The molecule has 0 aliphatic heterocycles. The largest absolute Gasteiger partial charge is 0.497 e. The van der Waals surface area contributed by atoms with Crippen LogP contribution in [-0.2, 0) is 5.54 Å². The predicted molar refractivity (Wildman–Crippen MR) is 85.4 cm³/mol. The molecule has 106 valence electrons. The Hall–Kier alpha value is -2.39. The number of benzene rings is 2. The van der Waals surface area contributed by atoms with Crippen molar-refractivity contribution in [3.05, 3.63) is 72.1 Å². The lowest BCUT2D eigenvalue weighted by molar-refractivity contribution is 0.413. The molecular weight excluding hydrogens is 260 g/mol. The van der Waals surface area contributed by atoms with Crippen LogP contribution >= 0.6 is 0 Å². The van der Waals surface area contributed by atoms with Crippen LogP contribution in [0, 0.1) is 0 Å². The standard InChI is InChI=1S/C18H18N2O/c1-18(19,14-6-4-7-15(11-14)21-2)17-8-3-5-13-9-10-20-12-16(13)17/h3-12H,19H2,1-2H3. The first-order valence-corrected chi connectivity index (χ1v) is 6.89. The van der Waals surface area contributed by atoms with Gasteiger partial charge < -0.3 is 10.5 Å². The van der Waals surface area contributed by atoms with Crippen LogP contribution in [0.15, 0.2) is 60.9 Å². The van der Waals surface area contributed by atoms with Gasteiger partial charge in [-0.15, -0.1) is 0 Å². The maximum atomic E-state index is 6.67. The molecule has 1 aromatic heterocycles. The normalized spacial score (nSPS) is 13.9. The number of methoxy groups -OCH3 is 1. The number of rotatable bonds is 3. The summed E-state index contributed by atoms with van der Waals surface area (Å²) in [6.45, 7) is 2.02. The highest BCUT2D eigenvalue weighted by atomic mass is 16.5. The molecule has 0 saturated carbocycles. The van der Waals surface area contributed by atoms with Gasteiger partial charge in [-0.1, -0.05) is 30.3 Å². The molecule has 2 aromatic carbocycles. The molecule has 1 heterocycles. The Bertz CT molecular complexity index is 776. The van der Waals surface area contributed by atoms with Crippen molar-refractivity contribution in [1.29, 1.82) is 0 Å². The van der Waals surface area contributed by atoms with E-state index in [-0.39, 0.29) is 0 Å². The number of ether oxygens (including phenoxy) is 1. The van der Waals surface area contributed by atoms with E-state index < -0.39 is 5.54 Å². The zero-order valence-electron chi connectivity index (χ0n) is 12.2. The fraction of sp³-hybridized carbons (Fsp3) is 0.167. The molecule has 0 bridgehead atoms. The van der Waals surface area contributed by atoms with E-state index in [1.165, 1.54) is 0 Å². The van der Waals surface area contributed by atoms with Gasteiger partial charge in [-0.25, -0.2) is 0 Å². The van der Waals surface area contributed by atoms with Crippen LogP contribution in [0.2, 0.25) is 0 Å². The molecule has 1 unspecified atom stereocenters.